The zero-order valence-electron chi connectivity index (χ0n) is 23.4. The van der Waals surface area contributed by atoms with Crippen LogP contribution < -0.4 is 5.73 Å². The number of allylic oxidation sites excluding steroid dienone is 2. The highest BCUT2D eigenvalue weighted by Crippen LogP contribution is 2.57. The van der Waals surface area contributed by atoms with E-state index < -0.39 is 35.5 Å². The molecule has 0 radical (unpaired) electrons. The van der Waals surface area contributed by atoms with Gasteiger partial charge in [-0.25, -0.2) is 9.18 Å². The van der Waals surface area contributed by atoms with E-state index >= 15 is 0 Å². The van der Waals surface area contributed by atoms with Crippen LogP contribution in [0.3, 0.4) is 0 Å². The van der Waals surface area contributed by atoms with E-state index in [1.165, 1.54) is 29.4 Å². The highest BCUT2D eigenvalue weighted by atomic mass is 19.1. The predicted octanol–water partition coefficient (Wildman–Crippen LogP) is 3.87. The SMILES string of the molecule is CCCCCC/C=C\[C@@H]1C[C@]1(CC(=O)[C@@H]1C[C@@H](OC(=O)N2Cc3cccc(F)c3C2)CN1C(=O)CN)C(=O)OC. The van der Waals surface area contributed by atoms with E-state index in [-0.39, 0.29) is 56.5 Å². The van der Waals surface area contributed by atoms with Crippen LogP contribution in [-0.2, 0) is 36.9 Å². The summed E-state index contributed by atoms with van der Waals surface area (Å²) in [6.45, 7) is 2.21. The predicted molar refractivity (Wildman–Crippen MR) is 145 cm³/mol. The quantitative estimate of drug-likeness (QED) is 0.235. The van der Waals surface area contributed by atoms with Gasteiger partial charge in [0.2, 0.25) is 5.91 Å². The molecule has 4 atom stereocenters. The van der Waals surface area contributed by atoms with Crippen molar-refractivity contribution in [1.82, 2.24) is 9.80 Å². The van der Waals surface area contributed by atoms with Gasteiger partial charge < -0.3 is 20.1 Å². The summed E-state index contributed by atoms with van der Waals surface area (Å²) in [5.41, 5.74) is 5.85. The number of fused-ring (bicyclic) bond motifs is 1. The molecule has 4 rings (SSSR count). The lowest BCUT2D eigenvalue weighted by Crippen LogP contribution is -2.44. The molecule has 40 heavy (non-hydrogen) atoms. The number of ketones is 1. The number of halogens is 1. The zero-order chi connectivity index (χ0) is 28.9. The zero-order valence-corrected chi connectivity index (χ0v) is 23.4. The first-order valence-corrected chi connectivity index (χ1v) is 14.2. The van der Waals surface area contributed by atoms with Gasteiger partial charge in [0.25, 0.3) is 0 Å². The highest BCUT2D eigenvalue weighted by Gasteiger charge is 2.61. The van der Waals surface area contributed by atoms with Crippen molar-refractivity contribution in [2.24, 2.45) is 17.1 Å². The smallest absolute Gasteiger partial charge is 0.410 e. The Balaban J connectivity index is 1.38. The average Bonchev–Trinajstić information content (AvgIpc) is 3.27. The van der Waals surface area contributed by atoms with Crippen molar-refractivity contribution in [2.45, 2.75) is 83.5 Å². The van der Waals surface area contributed by atoms with Crippen LogP contribution in [0, 0.1) is 17.2 Å². The Morgan fingerprint density at radius 1 is 1.18 bits per heavy atom. The van der Waals surface area contributed by atoms with Crippen LogP contribution >= 0.6 is 0 Å². The molecule has 10 heteroatoms. The second-order valence-electron chi connectivity index (χ2n) is 11.1. The maximum atomic E-state index is 14.1. The largest absolute Gasteiger partial charge is 0.469 e. The van der Waals surface area contributed by atoms with Crippen LogP contribution in [0.4, 0.5) is 9.18 Å². The number of benzene rings is 1. The van der Waals surface area contributed by atoms with Gasteiger partial charge in [-0.2, -0.15) is 0 Å². The van der Waals surface area contributed by atoms with Crippen molar-refractivity contribution in [3.05, 3.63) is 47.3 Å². The Hall–Kier alpha value is -3.27. The lowest BCUT2D eigenvalue weighted by atomic mass is 9.92. The Labute approximate surface area is 234 Å². The summed E-state index contributed by atoms with van der Waals surface area (Å²) in [4.78, 5) is 54.6. The van der Waals surface area contributed by atoms with Crippen molar-refractivity contribution >= 4 is 23.8 Å². The fourth-order valence-corrected chi connectivity index (χ4v) is 5.99. The van der Waals surface area contributed by atoms with Crippen molar-refractivity contribution in [3.8, 4) is 0 Å². The molecule has 2 heterocycles. The summed E-state index contributed by atoms with van der Waals surface area (Å²) < 4.78 is 24.9. The van der Waals surface area contributed by atoms with E-state index in [0.717, 1.165) is 31.2 Å². The molecule has 2 amide bonds. The number of nitrogens with two attached hydrogens (primary N) is 1. The third kappa shape index (κ3) is 6.37. The fraction of sp³-hybridized carbons (Fsp3) is 0.600. The molecular weight excluding hydrogens is 517 g/mol. The van der Waals surface area contributed by atoms with Crippen molar-refractivity contribution in [1.29, 1.82) is 0 Å². The number of carbonyl (C=O) groups is 4. The first kappa shape index (κ1) is 29.7. The standard InChI is InChI=1S/C30H40FN3O6/c1-3-4-5-6-7-8-11-21-14-30(21,28(37)39-2)15-26(35)25-13-22(18-34(25)27(36)16-32)40-29(38)33-17-20-10-9-12-24(31)23(20)19-33/h8-12,21-22,25H,3-7,13-19,32H2,1-2H3/b11-8-/t21-,22-,25+,30-/m1/s1. The van der Waals surface area contributed by atoms with E-state index in [2.05, 4.69) is 13.0 Å². The normalized spacial score (nSPS) is 25.2. The number of carbonyl (C=O) groups excluding carboxylic acids is 4. The highest BCUT2D eigenvalue weighted by molar-refractivity contribution is 5.95. The van der Waals surface area contributed by atoms with Gasteiger partial charge in [-0.1, -0.05) is 50.5 Å². The van der Waals surface area contributed by atoms with Crippen LogP contribution in [0.15, 0.2) is 30.4 Å². The molecule has 1 aliphatic carbocycles. The second kappa shape index (κ2) is 12.9. The van der Waals surface area contributed by atoms with Crippen LogP contribution in [0.25, 0.3) is 0 Å². The molecule has 1 saturated carbocycles. The molecule has 218 valence electrons. The van der Waals surface area contributed by atoms with Gasteiger partial charge in [0.15, 0.2) is 5.78 Å². The van der Waals surface area contributed by atoms with Crippen molar-refractivity contribution in [2.75, 3.05) is 20.2 Å². The van der Waals surface area contributed by atoms with Crippen LogP contribution in [-0.4, -0.2) is 65.9 Å². The third-order valence-electron chi connectivity index (χ3n) is 8.39. The average molecular weight is 558 g/mol. The number of hydrogen-bond donors (Lipinski definition) is 1. The summed E-state index contributed by atoms with van der Waals surface area (Å²) in [5.74, 6) is -1.61. The van der Waals surface area contributed by atoms with E-state index in [9.17, 15) is 23.6 Å². The Bertz CT molecular complexity index is 1160. The third-order valence-corrected chi connectivity index (χ3v) is 8.39. The number of unbranched alkanes of at least 4 members (excludes halogenated alkanes) is 4. The van der Waals surface area contributed by atoms with Gasteiger partial charge in [0, 0.05) is 24.9 Å². The van der Waals surface area contributed by atoms with E-state index in [1.807, 2.05) is 6.08 Å². The Kier molecular flexibility index (Phi) is 9.60. The summed E-state index contributed by atoms with van der Waals surface area (Å²) in [6.07, 6.45) is 8.81. The summed E-state index contributed by atoms with van der Waals surface area (Å²) >= 11 is 0. The molecule has 3 aliphatic rings. The molecule has 0 bridgehead atoms. The van der Waals surface area contributed by atoms with Gasteiger partial charge in [0.05, 0.1) is 38.2 Å². The summed E-state index contributed by atoms with van der Waals surface area (Å²) in [5, 5.41) is 0. The van der Waals surface area contributed by atoms with Gasteiger partial charge in [0.1, 0.15) is 11.9 Å². The number of amides is 2. The van der Waals surface area contributed by atoms with E-state index in [4.69, 9.17) is 15.2 Å². The molecule has 1 aromatic carbocycles. The number of likely N-dealkylation sites (tertiary alicyclic amines) is 1. The number of Topliss-reactive ketones (excluding diaryl/α,β-unsaturated/α-hetero) is 1. The number of ether oxygens (including phenoxy) is 2. The summed E-state index contributed by atoms with van der Waals surface area (Å²) in [7, 11) is 1.32. The molecule has 9 nitrogen and oxygen atoms in total. The van der Waals surface area contributed by atoms with Crippen LogP contribution in [0.1, 0.15) is 69.4 Å². The van der Waals surface area contributed by atoms with Crippen LogP contribution in [0.2, 0.25) is 0 Å². The minimum Gasteiger partial charge on any atom is -0.469 e. The lowest BCUT2D eigenvalue weighted by molar-refractivity contribution is -0.150. The number of methoxy groups -OCH3 is 1. The number of hydrogen-bond acceptors (Lipinski definition) is 7. The minimum absolute atomic E-state index is 0.0274. The Morgan fingerprint density at radius 3 is 2.67 bits per heavy atom. The van der Waals surface area contributed by atoms with E-state index in [0.29, 0.717) is 12.0 Å². The topological polar surface area (TPSA) is 119 Å². The van der Waals surface area contributed by atoms with Crippen LogP contribution in [0.5, 0.6) is 0 Å². The maximum Gasteiger partial charge on any atom is 0.410 e. The Morgan fingerprint density at radius 2 is 1.98 bits per heavy atom. The maximum absolute atomic E-state index is 14.1. The first-order valence-electron chi connectivity index (χ1n) is 14.2. The van der Waals surface area contributed by atoms with Gasteiger partial charge in [-0.3, -0.25) is 19.3 Å². The summed E-state index contributed by atoms with van der Waals surface area (Å²) in [6, 6.07) is 3.86. The molecule has 1 aromatic rings. The van der Waals surface area contributed by atoms with Gasteiger partial charge >= 0.3 is 12.1 Å². The molecule has 2 N–H and O–H groups in total. The molecule has 1 saturated heterocycles. The molecule has 0 spiro atoms. The first-order chi connectivity index (χ1) is 19.2. The van der Waals surface area contributed by atoms with Gasteiger partial charge in [-0.05, 0) is 36.8 Å². The molecule has 2 fully saturated rings. The van der Waals surface area contributed by atoms with Gasteiger partial charge in [-0.15, -0.1) is 0 Å². The van der Waals surface area contributed by atoms with Crippen molar-refractivity contribution in [3.63, 3.8) is 0 Å². The fourth-order valence-electron chi connectivity index (χ4n) is 5.99. The second-order valence-corrected chi connectivity index (χ2v) is 11.1. The molecular formula is C30H40FN3O6. The van der Waals surface area contributed by atoms with Crippen molar-refractivity contribution < 1.29 is 33.0 Å². The number of rotatable bonds is 12. The molecule has 2 aliphatic heterocycles. The molecule has 0 aromatic heterocycles. The van der Waals surface area contributed by atoms with E-state index in [1.54, 1.807) is 12.1 Å². The molecule has 0 unspecified atom stereocenters. The minimum atomic E-state index is -0.941. The number of esters is 1. The lowest BCUT2D eigenvalue weighted by Gasteiger charge is -2.24. The number of nitrogens with zero attached hydrogens (tertiary/aromatic N) is 2. The monoisotopic (exact) mass is 557 g/mol.